The Hall–Kier alpha value is -2.19. The predicted octanol–water partition coefficient (Wildman–Crippen LogP) is 2.24. The van der Waals surface area contributed by atoms with Gasteiger partial charge >= 0.3 is 0 Å². The van der Waals surface area contributed by atoms with Gasteiger partial charge in [0.25, 0.3) is 5.56 Å². The summed E-state index contributed by atoms with van der Waals surface area (Å²) in [4.78, 5) is 22.9. The van der Waals surface area contributed by atoms with Gasteiger partial charge in [-0.1, -0.05) is 11.6 Å². The van der Waals surface area contributed by atoms with E-state index in [4.69, 9.17) is 11.6 Å². The number of aliphatic hydroxyl groups excluding tert-OH is 1. The maximum absolute atomic E-state index is 12.3. The number of aromatic nitrogens is 4. The van der Waals surface area contributed by atoms with Crippen LogP contribution in [0.1, 0.15) is 44.6 Å². The molecule has 150 valence electrons. The van der Waals surface area contributed by atoms with Gasteiger partial charge in [-0.2, -0.15) is 5.10 Å². The number of hydrogen-bond donors (Lipinski definition) is 2. The van der Waals surface area contributed by atoms with Crippen LogP contribution in [0.5, 0.6) is 0 Å². The molecule has 2 aromatic heterocycles. The number of anilines is 2. The zero-order valence-corrected chi connectivity index (χ0v) is 16.4. The number of piperidine rings is 1. The number of aliphatic hydroxyl groups is 1. The zero-order chi connectivity index (χ0) is 19.5. The molecule has 1 saturated heterocycles. The maximum atomic E-state index is 12.3. The van der Waals surface area contributed by atoms with Crippen LogP contribution in [0, 0.1) is 0 Å². The molecule has 0 aromatic carbocycles. The molecular formula is C19H25ClN6O2. The van der Waals surface area contributed by atoms with Gasteiger partial charge < -0.3 is 15.3 Å². The van der Waals surface area contributed by atoms with E-state index in [1.807, 2.05) is 0 Å². The van der Waals surface area contributed by atoms with E-state index in [1.54, 1.807) is 24.5 Å². The monoisotopic (exact) mass is 404 g/mol. The fourth-order valence-electron chi connectivity index (χ4n) is 4.14. The summed E-state index contributed by atoms with van der Waals surface area (Å²) < 4.78 is 1.48. The van der Waals surface area contributed by atoms with Crippen LogP contribution in [0.15, 0.2) is 29.3 Å². The van der Waals surface area contributed by atoms with E-state index >= 15 is 0 Å². The summed E-state index contributed by atoms with van der Waals surface area (Å²) in [7, 11) is 0. The van der Waals surface area contributed by atoms with Crippen LogP contribution in [0.25, 0.3) is 0 Å². The van der Waals surface area contributed by atoms with Gasteiger partial charge in [0.1, 0.15) is 5.82 Å². The Morgan fingerprint density at radius 3 is 2.71 bits per heavy atom. The van der Waals surface area contributed by atoms with Crippen molar-refractivity contribution in [1.29, 1.82) is 0 Å². The predicted molar refractivity (Wildman–Crippen MR) is 108 cm³/mol. The van der Waals surface area contributed by atoms with Gasteiger partial charge in [-0.15, -0.1) is 0 Å². The van der Waals surface area contributed by atoms with E-state index in [2.05, 4.69) is 25.3 Å². The second-order valence-electron chi connectivity index (χ2n) is 7.49. The van der Waals surface area contributed by atoms with Gasteiger partial charge in [0.15, 0.2) is 0 Å². The molecule has 0 spiro atoms. The molecule has 2 N–H and O–H groups in total. The largest absolute Gasteiger partial charge is 0.391 e. The van der Waals surface area contributed by atoms with Crippen LogP contribution in [-0.2, 0) is 0 Å². The summed E-state index contributed by atoms with van der Waals surface area (Å²) in [5.41, 5.74) is -0.157. The first kappa shape index (κ1) is 19.1. The lowest BCUT2D eigenvalue weighted by atomic mass is 10.0. The second-order valence-corrected chi connectivity index (χ2v) is 7.93. The molecule has 3 atom stereocenters. The van der Waals surface area contributed by atoms with E-state index in [0.29, 0.717) is 17.5 Å². The lowest BCUT2D eigenvalue weighted by Crippen LogP contribution is -2.45. The standard InChI is InChI=1S/C19H25ClN6O2/c20-13-10-21-19(22-11-13)23-12-14-4-1-2-9-25(14)17-7-8-18(28)26(24-17)15-5-3-6-16(15)27/h7-8,10-11,14-16,27H,1-6,9,12H2,(H,21,22,23). The average molecular weight is 405 g/mol. The van der Waals surface area contributed by atoms with Crippen LogP contribution in [0.2, 0.25) is 5.02 Å². The van der Waals surface area contributed by atoms with Gasteiger partial charge in [0.05, 0.1) is 29.6 Å². The van der Waals surface area contributed by atoms with Crippen LogP contribution in [-0.4, -0.2) is 50.1 Å². The van der Waals surface area contributed by atoms with Gasteiger partial charge in [0, 0.05) is 25.2 Å². The maximum Gasteiger partial charge on any atom is 0.267 e. The zero-order valence-electron chi connectivity index (χ0n) is 15.7. The van der Waals surface area contributed by atoms with Crippen molar-refractivity contribution in [3.05, 3.63) is 39.9 Å². The highest BCUT2D eigenvalue weighted by atomic mass is 35.5. The summed E-state index contributed by atoms with van der Waals surface area (Å²) in [5.74, 6) is 1.32. The van der Waals surface area contributed by atoms with Gasteiger partial charge in [-0.3, -0.25) is 4.79 Å². The summed E-state index contributed by atoms with van der Waals surface area (Å²) in [6, 6.07) is 3.35. The lowest BCUT2D eigenvalue weighted by molar-refractivity contribution is 0.127. The number of halogens is 1. The molecule has 2 aliphatic rings. The second kappa shape index (κ2) is 8.45. The average Bonchev–Trinajstić information content (AvgIpc) is 3.14. The van der Waals surface area contributed by atoms with Gasteiger partial charge in [0.2, 0.25) is 5.95 Å². The van der Waals surface area contributed by atoms with Crippen LogP contribution >= 0.6 is 11.6 Å². The Bertz CT molecular complexity index is 858. The van der Waals surface area contributed by atoms with Crippen LogP contribution < -0.4 is 15.8 Å². The van der Waals surface area contributed by atoms with Crippen molar-refractivity contribution in [2.24, 2.45) is 0 Å². The Labute approximate surface area is 168 Å². The highest BCUT2D eigenvalue weighted by molar-refractivity contribution is 6.30. The van der Waals surface area contributed by atoms with E-state index < -0.39 is 6.10 Å². The molecule has 28 heavy (non-hydrogen) atoms. The summed E-state index contributed by atoms with van der Waals surface area (Å²) in [6.45, 7) is 1.56. The number of nitrogens with one attached hydrogen (secondary N) is 1. The van der Waals surface area contributed by atoms with Crippen molar-refractivity contribution >= 4 is 23.4 Å². The molecule has 3 unspecified atom stereocenters. The van der Waals surface area contributed by atoms with Crippen molar-refractivity contribution in [2.75, 3.05) is 23.3 Å². The first-order valence-electron chi connectivity index (χ1n) is 9.88. The Morgan fingerprint density at radius 2 is 1.96 bits per heavy atom. The Morgan fingerprint density at radius 1 is 1.14 bits per heavy atom. The smallest absolute Gasteiger partial charge is 0.267 e. The van der Waals surface area contributed by atoms with Crippen LogP contribution in [0.4, 0.5) is 11.8 Å². The first-order valence-corrected chi connectivity index (χ1v) is 10.3. The summed E-state index contributed by atoms with van der Waals surface area (Å²) in [5, 5.41) is 18.6. The molecule has 0 bridgehead atoms. The third-order valence-corrected chi connectivity index (χ3v) is 5.80. The Kier molecular flexibility index (Phi) is 5.77. The van der Waals surface area contributed by atoms with E-state index in [9.17, 15) is 9.90 Å². The number of rotatable bonds is 5. The van der Waals surface area contributed by atoms with Crippen molar-refractivity contribution in [2.45, 2.75) is 56.7 Å². The minimum atomic E-state index is -0.499. The van der Waals surface area contributed by atoms with E-state index in [1.165, 1.54) is 4.68 Å². The third kappa shape index (κ3) is 4.12. The van der Waals surface area contributed by atoms with Crippen molar-refractivity contribution in [3.63, 3.8) is 0 Å². The van der Waals surface area contributed by atoms with Gasteiger partial charge in [-0.05, 0) is 44.6 Å². The van der Waals surface area contributed by atoms with E-state index in [0.717, 1.165) is 50.9 Å². The molecule has 2 fully saturated rings. The molecule has 1 saturated carbocycles. The van der Waals surface area contributed by atoms with Crippen molar-refractivity contribution in [3.8, 4) is 0 Å². The quantitative estimate of drug-likeness (QED) is 0.788. The lowest BCUT2D eigenvalue weighted by Gasteiger charge is -2.37. The highest BCUT2D eigenvalue weighted by Crippen LogP contribution is 2.29. The number of hydrogen-bond acceptors (Lipinski definition) is 7. The minimum absolute atomic E-state index is 0.157. The molecule has 0 radical (unpaired) electrons. The fraction of sp³-hybridized carbons (Fsp3) is 0.579. The molecule has 8 nitrogen and oxygen atoms in total. The summed E-state index contributed by atoms with van der Waals surface area (Å²) >= 11 is 5.84. The molecule has 1 aliphatic heterocycles. The highest BCUT2D eigenvalue weighted by Gasteiger charge is 2.30. The molecule has 1 aliphatic carbocycles. The minimum Gasteiger partial charge on any atom is -0.391 e. The summed E-state index contributed by atoms with van der Waals surface area (Å²) in [6.07, 6.45) is 8.32. The molecule has 3 heterocycles. The van der Waals surface area contributed by atoms with Crippen molar-refractivity contribution in [1.82, 2.24) is 19.7 Å². The van der Waals surface area contributed by atoms with Gasteiger partial charge in [-0.25, -0.2) is 14.6 Å². The Balaban J connectivity index is 1.52. The molecule has 2 aromatic rings. The molecule has 9 heteroatoms. The molecule has 0 amide bonds. The first-order chi connectivity index (χ1) is 13.6. The van der Waals surface area contributed by atoms with E-state index in [-0.39, 0.29) is 17.6 Å². The SMILES string of the molecule is O=c1ccc(N2CCCCC2CNc2ncc(Cl)cn2)nn1C1CCCC1O. The van der Waals surface area contributed by atoms with Crippen LogP contribution in [0.3, 0.4) is 0 Å². The fourth-order valence-corrected chi connectivity index (χ4v) is 4.24. The topological polar surface area (TPSA) is 96.2 Å². The molecular weight excluding hydrogens is 380 g/mol. The third-order valence-electron chi connectivity index (χ3n) is 5.61. The molecule has 4 rings (SSSR count). The normalized spacial score (nSPS) is 25.1. The van der Waals surface area contributed by atoms with Crippen molar-refractivity contribution < 1.29 is 5.11 Å². The number of nitrogens with zero attached hydrogens (tertiary/aromatic N) is 5.